The standard InChI is InChI=1S/C15H21N3O2/c1-10-14(11(2)18(3)17-10)9-16-8-12-5-6-13(20-4)7-15(12)19/h5-7,16,19H,8-9H2,1-4H3. The normalized spacial score (nSPS) is 10.8. The molecule has 0 aliphatic carbocycles. The third-order valence-electron chi connectivity index (χ3n) is 3.57. The Morgan fingerprint density at radius 2 is 2.05 bits per heavy atom. The second kappa shape index (κ2) is 5.96. The molecule has 0 aliphatic rings. The third-order valence-corrected chi connectivity index (χ3v) is 3.57. The van der Waals surface area contributed by atoms with Gasteiger partial charge in [0.25, 0.3) is 0 Å². The number of methoxy groups -OCH3 is 1. The molecule has 1 aromatic carbocycles. The molecular formula is C15H21N3O2. The van der Waals surface area contributed by atoms with E-state index < -0.39 is 0 Å². The molecule has 0 atom stereocenters. The van der Waals surface area contributed by atoms with Gasteiger partial charge in [-0.1, -0.05) is 6.07 Å². The number of hydrogen-bond acceptors (Lipinski definition) is 4. The molecule has 0 saturated heterocycles. The lowest BCUT2D eigenvalue weighted by atomic mass is 10.1. The molecule has 1 heterocycles. The molecule has 0 bridgehead atoms. The highest BCUT2D eigenvalue weighted by Gasteiger charge is 2.09. The Morgan fingerprint density at radius 1 is 1.30 bits per heavy atom. The molecule has 2 rings (SSSR count). The highest BCUT2D eigenvalue weighted by atomic mass is 16.5. The zero-order valence-electron chi connectivity index (χ0n) is 12.4. The van der Waals surface area contributed by atoms with Crippen LogP contribution in [-0.4, -0.2) is 22.0 Å². The highest BCUT2D eigenvalue weighted by Crippen LogP contribution is 2.23. The average molecular weight is 275 g/mol. The monoisotopic (exact) mass is 275 g/mol. The van der Waals surface area contributed by atoms with Crippen molar-refractivity contribution in [1.29, 1.82) is 0 Å². The van der Waals surface area contributed by atoms with Crippen LogP contribution in [0.3, 0.4) is 0 Å². The van der Waals surface area contributed by atoms with E-state index in [4.69, 9.17) is 4.74 Å². The predicted octanol–water partition coefficient (Wildman–Crippen LogP) is 2.04. The van der Waals surface area contributed by atoms with E-state index in [1.807, 2.05) is 30.8 Å². The molecular weight excluding hydrogens is 254 g/mol. The van der Waals surface area contributed by atoms with Crippen LogP contribution in [0.15, 0.2) is 18.2 Å². The molecule has 5 heteroatoms. The van der Waals surface area contributed by atoms with Crippen molar-refractivity contribution in [2.45, 2.75) is 26.9 Å². The summed E-state index contributed by atoms with van der Waals surface area (Å²) in [5.74, 6) is 0.904. The highest BCUT2D eigenvalue weighted by molar-refractivity contribution is 5.39. The van der Waals surface area contributed by atoms with Crippen LogP contribution < -0.4 is 10.1 Å². The van der Waals surface area contributed by atoms with Crippen molar-refractivity contribution in [3.8, 4) is 11.5 Å². The Hall–Kier alpha value is -2.01. The van der Waals surface area contributed by atoms with Gasteiger partial charge in [-0.25, -0.2) is 0 Å². The van der Waals surface area contributed by atoms with E-state index in [1.54, 1.807) is 13.2 Å². The number of nitrogens with zero attached hydrogens (tertiary/aromatic N) is 2. The summed E-state index contributed by atoms with van der Waals surface area (Å²) in [4.78, 5) is 0. The van der Waals surface area contributed by atoms with Gasteiger partial charge in [0.1, 0.15) is 11.5 Å². The molecule has 0 fully saturated rings. The van der Waals surface area contributed by atoms with Gasteiger partial charge in [-0.3, -0.25) is 4.68 Å². The van der Waals surface area contributed by atoms with E-state index in [0.717, 1.165) is 23.5 Å². The molecule has 5 nitrogen and oxygen atoms in total. The lowest BCUT2D eigenvalue weighted by Crippen LogP contribution is -2.14. The van der Waals surface area contributed by atoms with Crippen LogP contribution in [0.25, 0.3) is 0 Å². The molecule has 0 amide bonds. The number of aromatic nitrogens is 2. The fourth-order valence-electron chi connectivity index (χ4n) is 2.22. The van der Waals surface area contributed by atoms with Crippen molar-refractivity contribution < 1.29 is 9.84 Å². The van der Waals surface area contributed by atoms with Gasteiger partial charge < -0.3 is 15.2 Å². The van der Waals surface area contributed by atoms with Crippen molar-refractivity contribution in [3.05, 3.63) is 40.7 Å². The van der Waals surface area contributed by atoms with Crippen LogP contribution in [0.5, 0.6) is 11.5 Å². The van der Waals surface area contributed by atoms with Crippen molar-refractivity contribution in [2.75, 3.05) is 7.11 Å². The number of hydrogen-bond donors (Lipinski definition) is 2. The van der Waals surface area contributed by atoms with E-state index in [9.17, 15) is 5.11 Å². The molecule has 2 N–H and O–H groups in total. The Kier molecular flexibility index (Phi) is 4.29. The Bertz CT molecular complexity index is 605. The first-order valence-corrected chi connectivity index (χ1v) is 6.58. The van der Waals surface area contributed by atoms with Gasteiger partial charge in [-0.05, 0) is 19.9 Å². The molecule has 0 aliphatic heterocycles. The average Bonchev–Trinajstić information content (AvgIpc) is 2.66. The second-order valence-corrected chi connectivity index (χ2v) is 4.87. The SMILES string of the molecule is COc1ccc(CNCc2c(C)nn(C)c2C)c(O)c1. The van der Waals surface area contributed by atoms with E-state index >= 15 is 0 Å². The summed E-state index contributed by atoms with van der Waals surface area (Å²) in [5, 5.41) is 17.6. The fraction of sp³-hybridized carbons (Fsp3) is 0.400. The van der Waals surface area contributed by atoms with Gasteiger partial charge >= 0.3 is 0 Å². The molecule has 20 heavy (non-hydrogen) atoms. The fourth-order valence-corrected chi connectivity index (χ4v) is 2.22. The number of aryl methyl sites for hydroxylation is 2. The van der Waals surface area contributed by atoms with E-state index in [0.29, 0.717) is 12.3 Å². The summed E-state index contributed by atoms with van der Waals surface area (Å²) < 4.78 is 6.95. The zero-order valence-corrected chi connectivity index (χ0v) is 12.4. The molecule has 0 unspecified atom stereocenters. The number of phenols is 1. The van der Waals surface area contributed by atoms with Crippen LogP contribution in [0.2, 0.25) is 0 Å². The molecule has 0 saturated carbocycles. The first-order valence-electron chi connectivity index (χ1n) is 6.58. The number of benzene rings is 1. The Morgan fingerprint density at radius 3 is 2.60 bits per heavy atom. The van der Waals surface area contributed by atoms with E-state index in [1.165, 1.54) is 5.56 Å². The number of phenolic OH excluding ortho intramolecular Hbond substituents is 1. The minimum atomic E-state index is 0.247. The largest absolute Gasteiger partial charge is 0.507 e. The number of nitrogens with one attached hydrogen (secondary N) is 1. The number of aromatic hydroxyl groups is 1. The maximum Gasteiger partial charge on any atom is 0.123 e. The summed E-state index contributed by atoms with van der Waals surface area (Å²) in [6.45, 7) is 5.40. The van der Waals surface area contributed by atoms with Crippen molar-refractivity contribution in [1.82, 2.24) is 15.1 Å². The summed E-state index contributed by atoms with van der Waals surface area (Å²) in [6, 6.07) is 5.33. The summed E-state index contributed by atoms with van der Waals surface area (Å²) in [7, 11) is 3.53. The Balaban J connectivity index is 1.99. The first-order chi connectivity index (χ1) is 9.52. The van der Waals surface area contributed by atoms with E-state index in [-0.39, 0.29) is 5.75 Å². The Labute approximate surface area is 119 Å². The topological polar surface area (TPSA) is 59.3 Å². The van der Waals surface area contributed by atoms with Crippen LogP contribution in [0.1, 0.15) is 22.5 Å². The minimum absolute atomic E-state index is 0.247. The zero-order chi connectivity index (χ0) is 14.7. The van der Waals surface area contributed by atoms with Crippen molar-refractivity contribution in [2.24, 2.45) is 7.05 Å². The number of ether oxygens (including phenoxy) is 1. The summed E-state index contributed by atoms with van der Waals surface area (Å²) >= 11 is 0. The summed E-state index contributed by atoms with van der Waals surface area (Å²) in [5.41, 5.74) is 4.26. The van der Waals surface area contributed by atoms with Gasteiger partial charge in [0, 0.05) is 43.0 Å². The van der Waals surface area contributed by atoms with Gasteiger partial charge in [-0.15, -0.1) is 0 Å². The predicted molar refractivity (Wildman–Crippen MR) is 77.9 cm³/mol. The van der Waals surface area contributed by atoms with Gasteiger partial charge in [0.2, 0.25) is 0 Å². The first kappa shape index (κ1) is 14.4. The van der Waals surface area contributed by atoms with Gasteiger partial charge in [0.15, 0.2) is 0 Å². The quantitative estimate of drug-likeness (QED) is 0.876. The van der Waals surface area contributed by atoms with Crippen LogP contribution in [0.4, 0.5) is 0 Å². The number of rotatable bonds is 5. The third kappa shape index (κ3) is 2.93. The van der Waals surface area contributed by atoms with Crippen LogP contribution in [-0.2, 0) is 20.1 Å². The van der Waals surface area contributed by atoms with Crippen molar-refractivity contribution in [3.63, 3.8) is 0 Å². The maximum absolute atomic E-state index is 9.90. The smallest absolute Gasteiger partial charge is 0.123 e. The van der Waals surface area contributed by atoms with Crippen LogP contribution in [0, 0.1) is 13.8 Å². The second-order valence-electron chi connectivity index (χ2n) is 4.87. The van der Waals surface area contributed by atoms with E-state index in [2.05, 4.69) is 17.3 Å². The lowest BCUT2D eigenvalue weighted by Gasteiger charge is -2.09. The molecule has 2 aromatic rings. The summed E-state index contributed by atoms with van der Waals surface area (Å²) in [6.07, 6.45) is 0. The molecule has 0 radical (unpaired) electrons. The molecule has 0 spiro atoms. The molecule has 1 aromatic heterocycles. The molecule has 108 valence electrons. The van der Waals surface area contributed by atoms with Gasteiger partial charge in [-0.2, -0.15) is 5.10 Å². The van der Waals surface area contributed by atoms with Crippen molar-refractivity contribution >= 4 is 0 Å². The maximum atomic E-state index is 9.90. The van der Waals surface area contributed by atoms with Crippen LogP contribution >= 0.6 is 0 Å². The minimum Gasteiger partial charge on any atom is -0.507 e. The lowest BCUT2D eigenvalue weighted by molar-refractivity contribution is 0.406. The van der Waals surface area contributed by atoms with Gasteiger partial charge in [0.05, 0.1) is 12.8 Å².